The van der Waals surface area contributed by atoms with Crippen molar-refractivity contribution in [2.24, 2.45) is 5.92 Å². The van der Waals surface area contributed by atoms with Crippen molar-refractivity contribution in [1.82, 2.24) is 4.90 Å². The fourth-order valence-electron chi connectivity index (χ4n) is 3.03. The van der Waals surface area contributed by atoms with Gasteiger partial charge < -0.3 is 0 Å². The van der Waals surface area contributed by atoms with Gasteiger partial charge >= 0.3 is 0 Å². The van der Waals surface area contributed by atoms with Gasteiger partial charge in [-0.05, 0) is 51.6 Å². The third-order valence-corrected chi connectivity index (χ3v) is 3.72. The second-order valence-electron chi connectivity index (χ2n) is 4.69. The summed E-state index contributed by atoms with van der Waals surface area (Å²) in [5.74, 6) is 0.796. The number of hydrogen-bond acceptors (Lipinski definition) is 1. The van der Waals surface area contributed by atoms with Gasteiger partial charge in [0.15, 0.2) is 0 Å². The Balaban J connectivity index is 2.10. The maximum Gasteiger partial charge on any atom is 0.0161 e. The van der Waals surface area contributed by atoms with E-state index in [0.717, 1.165) is 12.0 Å². The molecule has 2 fully saturated rings. The second kappa shape index (κ2) is 3.83. The highest BCUT2D eigenvalue weighted by Gasteiger charge is 2.32. The van der Waals surface area contributed by atoms with Crippen LogP contribution in [0.2, 0.25) is 0 Å². The van der Waals surface area contributed by atoms with Gasteiger partial charge in [0, 0.05) is 6.04 Å². The van der Waals surface area contributed by atoms with E-state index in [2.05, 4.69) is 18.4 Å². The highest BCUT2D eigenvalue weighted by Crippen LogP contribution is 2.34. The third kappa shape index (κ3) is 1.80. The first-order valence-electron chi connectivity index (χ1n) is 5.68. The monoisotopic (exact) mass is 179 g/mol. The van der Waals surface area contributed by atoms with Crippen molar-refractivity contribution in [1.29, 1.82) is 0 Å². The largest absolute Gasteiger partial charge is 0.300 e. The Morgan fingerprint density at radius 1 is 1.15 bits per heavy atom. The summed E-state index contributed by atoms with van der Waals surface area (Å²) in [6.07, 6.45) is 7.02. The number of hydrogen-bond donors (Lipinski definition) is 0. The summed E-state index contributed by atoms with van der Waals surface area (Å²) in [7, 11) is 0. The lowest BCUT2D eigenvalue weighted by Gasteiger charge is -2.29. The Morgan fingerprint density at radius 3 is 2.69 bits per heavy atom. The summed E-state index contributed by atoms with van der Waals surface area (Å²) in [6.45, 7) is 9.05. The number of fused-ring (bicyclic) bond motifs is 1. The molecule has 74 valence electrons. The summed E-state index contributed by atoms with van der Waals surface area (Å²) < 4.78 is 0. The van der Waals surface area contributed by atoms with Crippen LogP contribution in [0.1, 0.15) is 39.0 Å². The summed E-state index contributed by atoms with van der Waals surface area (Å²) in [6, 6.07) is 0.847. The lowest BCUT2D eigenvalue weighted by molar-refractivity contribution is 0.224. The van der Waals surface area contributed by atoms with Crippen molar-refractivity contribution >= 4 is 0 Å². The zero-order chi connectivity index (χ0) is 9.26. The maximum atomic E-state index is 4.15. The molecule has 0 bridgehead atoms. The molecule has 0 aliphatic carbocycles. The standard InChI is InChI=1S/C12H21N/c1-10(2)11-6-3-4-8-13-9-5-7-12(11)13/h11-12H,1,3-9H2,2H3. The van der Waals surface area contributed by atoms with Crippen molar-refractivity contribution in [3.8, 4) is 0 Å². The highest BCUT2D eigenvalue weighted by molar-refractivity contribution is 5.04. The van der Waals surface area contributed by atoms with E-state index in [0.29, 0.717) is 0 Å². The van der Waals surface area contributed by atoms with Gasteiger partial charge in [0.05, 0.1) is 0 Å². The first kappa shape index (κ1) is 9.26. The second-order valence-corrected chi connectivity index (χ2v) is 4.69. The minimum Gasteiger partial charge on any atom is -0.300 e. The van der Waals surface area contributed by atoms with E-state index in [1.807, 2.05) is 0 Å². The summed E-state index contributed by atoms with van der Waals surface area (Å²) in [5.41, 5.74) is 1.42. The van der Waals surface area contributed by atoms with Crippen LogP contribution < -0.4 is 0 Å². The Bertz CT molecular complexity index is 197. The topological polar surface area (TPSA) is 3.24 Å². The zero-order valence-corrected chi connectivity index (χ0v) is 8.76. The quantitative estimate of drug-likeness (QED) is 0.559. The molecule has 0 amide bonds. The lowest BCUT2D eigenvalue weighted by atomic mass is 9.88. The summed E-state index contributed by atoms with van der Waals surface area (Å²) >= 11 is 0. The molecule has 2 rings (SSSR count). The first-order valence-corrected chi connectivity index (χ1v) is 5.68. The molecule has 1 heteroatoms. The molecule has 0 saturated carbocycles. The molecule has 2 aliphatic rings. The van der Waals surface area contributed by atoms with Gasteiger partial charge in [-0.15, -0.1) is 0 Å². The summed E-state index contributed by atoms with van der Waals surface area (Å²) in [4.78, 5) is 2.70. The molecule has 2 heterocycles. The molecule has 2 unspecified atom stereocenters. The lowest BCUT2D eigenvalue weighted by Crippen LogP contribution is -2.34. The Labute approximate surface area is 81.8 Å². The Hall–Kier alpha value is -0.300. The van der Waals surface area contributed by atoms with Crippen molar-refractivity contribution in [3.63, 3.8) is 0 Å². The molecule has 0 aromatic heterocycles. The van der Waals surface area contributed by atoms with Crippen LogP contribution in [0.15, 0.2) is 12.2 Å². The normalized spacial score (nSPS) is 35.5. The molecule has 1 nitrogen and oxygen atoms in total. The van der Waals surface area contributed by atoms with Crippen LogP contribution in [-0.4, -0.2) is 24.0 Å². The van der Waals surface area contributed by atoms with Gasteiger partial charge in [0.2, 0.25) is 0 Å². The van der Waals surface area contributed by atoms with E-state index in [1.54, 1.807) is 0 Å². The van der Waals surface area contributed by atoms with Crippen LogP contribution in [0.3, 0.4) is 0 Å². The molecule has 0 radical (unpaired) electrons. The first-order chi connectivity index (χ1) is 6.29. The molecular formula is C12H21N. The van der Waals surface area contributed by atoms with Crippen LogP contribution in [-0.2, 0) is 0 Å². The molecule has 0 aromatic carbocycles. The van der Waals surface area contributed by atoms with E-state index >= 15 is 0 Å². The van der Waals surface area contributed by atoms with Gasteiger partial charge in [0.25, 0.3) is 0 Å². The van der Waals surface area contributed by atoms with Crippen molar-refractivity contribution in [2.45, 2.75) is 45.1 Å². The molecule has 13 heavy (non-hydrogen) atoms. The van der Waals surface area contributed by atoms with Crippen LogP contribution in [0, 0.1) is 5.92 Å². The third-order valence-electron chi connectivity index (χ3n) is 3.72. The predicted molar refractivity (Wildman–Crippen MR) is 56.8 cm³/mol. The number of rotatable bonds is 1. The van der Waals surface area contributed by atoms with E-state index in [4.69, 9.17) is 0 Å². The van der Waals surface area contributed by atoms with E-state index < -0.39 is 0 Å². The predicted octanol–water partition coefficient (Wildman–Crippen LogP) is 2.83. The van der Waals surface area contributed by atoms with Gasteiger partial charge in [-0.2, -0.15) is 0 Å². The molecule has 2 atom stereocenters. The van der Waals surface area contributed by atoms with E-state index in [1.165, 1.54) is 50.8 Å². The van der Waals surface area contributed by atoms with Crippen molar-refractivity contribution in [3.05, 3.63) is 12.2 Å². The number of nitrogens with zero attached hydrogens (tertiary/aromatic N) is 1. The zero-order valence-electron chi connectivity index (χ0n) is 8.76. The fourth-order valence-corrected chi connectivity index (χ4v) is 3.03. The van der Waals surface area contributed by atoms with Gasteiger partial charge in [-0.25, -0.2) is 0 Å². The molecule has 0 N–H and O–H groups in total. The smallest absolute Gasteiger partial charge is 0.0161 e. The van der Waals surface area contributed by atoms with E-state index in [9.17, 15) is 0 Å². The average Bonchev–Trinajstić information content (AvgIpc) is 2.44. The van der Waals surface area contributed by atoms with Gasteiger partial charge in [-0.3, -0.25) is 4.90 Å². The molecule has 0 spiro atoms. The molecule has 2 saturated heterocycles. The van der Waals surface area contributed by atoms with Gasteiger partial charge in [0.1, 0.15) is 0 Å². The SMILES string of the molecule is C=C(C)C1CCCCN2CCCC12. The van der Waals surface area contributed by atoms with Gasteiger partial charge in [-0.1, -0.05) is 18.6 Å². The summed E-state index contributed by atoms with van der Waals surface area (Å²) in [5, 5.41) is 0. The van der Waals surface area contributed by atoms with E-state index in [-0.39, 0.29) is 0 Å². The van der Waals surface area contributed by atoms with Crippen LogP contribution in [0.4, 0.5) is 0 Å². The minimum absolute atomic E-state index is 0.796. The molecular weight excluding hydrogens is 158 g/mol. The molecule has 0 aromatic rings. The molecule has 2 aliphatic heterocycles. The maximum absolute atomic E-state index is 4.15. The van der Waals surface area contributed by atoms with Crippen LogP contribution in [0.5, 0.6) is 0 Å². The van der Waals surface area contributed by atoms with Crippen molar-refractivity contribution < 1.29 is 0 Å². The fraction of sp³-hybridized carbons (Fsp3) is 0.833. The Morgan fingerprint density at radius 2 is 1.92 bits per heavy atom. The van der Waals surface area contributed by atoms with Crippen LogP contribution in [0.25, 0.3) is 0 Å². The Kier molecular flexibility index (Phi) is 2.73. The average molecular weight is 179 g/mol. The van der Waals surface area contributed by atoms with Crippen molar-refractivity contribution in [2.75, 3.05) is 13.1 Å². The van der Waals surface area contributed by atoms with Crippen LogP contribution >= 0.6 is 0 Å². The minimum atomic E-state index is 0.796. The highest BCUT2D eigenvalue weighted by atomic mass is 15.2.